The lowest BCUT2D eigenvalue weighted by Crippen LogP contribution is -1.75. The van der Waals surface area contributed by atoms with Crippen LogP contribution in [0.5, 0.6) is 0 Å². The Balaban J connectivity index is 0. The Morgan fingerprint density at radius 1 is 1.67 bits per heavy atom. The van der Waals surface area contributed by atoms with Crippen molar-refractivity contribution in [1.82, 2.24) is 0 Å². The predicted molar refractivity (Wildman–Crippen MR) is 32.2 cm³/mol. The van der Waals surface area contributed by atoms with Gasteiger partial charge in [0.25, 0.3) is 0 Å². The van der Waals surface area contributed by atoms with Crippen molar-refractivity contribution in [3.8, 4) is 0 Å². The van der Waals surface area contributed by atoms with Crippen LogP contribution >= 0.6 is 0 Å². The van der Waals surface area contributed by atoms with Gasteiger partial charge in [0.2, 0.25) is 6.08 Å². The summed E-state index contributed by atoms with van der Waals surface area (Å²) >= 11 is 0. The van der Waals surface area contributed by atoms with Crippen molar-refractivity contribution in [3.05, 3.63) is 0 Å². The molecule has 0 heterocycles. The van der Waals surface area contributed by atoms with Crippen LogP contribution in [0.25, 0.3) is 0 Å². The molecule has 0 radical (unpaired) electrons. The Morgan fingerprint density at radius 3 is 1.83 bits per heavy atom. The summed E-state index contributed by atoms with van der Waals surface area (Å²) in [5, 5.41) is 4.64. The van der Waals surface area contributed by atoms with Gasteiger partial charge in [0.15, 0.2) is 10.4 Å². The van der Waals surface area contributed by atoms with Crippen LogP contribution < -0.4 is 5.40 Å². The molecule has 0 aliphatic heterocycles. The molecule has 0 spiro atoms. The lowest BCUT2D eigenvalue weighted by molar-refractivity contribution is 0.566. The highest BCUT2D eigenvalue weighted by molar-refractivity contribution is 6.07. The summed E-state index contributed by atoms with van der Waals surface area (Å²) < 4.78 is 3.07. The van der Waals surface area contributed by atoms with Crippen molar-refractivity contribution in [2.45, 2.75) is 0 Å². The molecule has 5 heteroatoms. The van der Waals surface area contributed by atoms with Gasteiger partial charge in [-0.1, -0.05) is 0 Å². The van der Waals surface area contributed by atoms with E-state index in [4.69, 9.17) is 4.79 Å². The number of hydrogen-bond donors (Lipinski definition) is 1. The third-order valence-corrected chi connectivity index (χ3v) is 0.274. The van der Waals surface area contributed by atoms with Crippen LogP contribution in [0.4, 0.5) is 0 Å². The number of rotatable bonds is 0. The second-order valence-electron chi connectivity index (χ2n) is 0.315. The van der Waals surface area contributed by atoms with Crippen LogP contribution in [0.15, 0.2) is 4.66 Å². The van der Waals surface area contributed by atoms with Crippen LogP contribution in [0.1, 0.15) is 0 Å². The Labute approximate surface area is 42.6 Å². The van der Waals surface area contributed by atoms with Crippen molar-refractivity contribution < 1.29 is 4.79 Å². The van der Waals surface area contributed by atoms with Gasteiger partial charge in [-0.15, -0.1) is 0 Å². The molecule has 0 aliphatic carbocycles. The molecule has 0 unspecified atom stereocenters. The Bertz CT molecular complexity index is 49.5. The molecule has 6 heavy (non-hydrogen) atoms. The van der Waals surface area contributed by atoms with Gasteiger partial charge in [-0.2, -0.15) is 0 Å². The summed E-state index contributed by atoms with van der Waals surface area (Å²) in [6.07, 6.45) is 1.37. The minimum absolute atomic E-state index is 0.591. The van der Waals surface area contributed by atoms with Crippen LogP contribution in [0.3, 0.4) is 0 Å². The van der Waals surface area contributed by atoms with Crippen molar-refractivity contribution in [3.63, 3.8) is 0 Å². The SMILES string of the molecule is N[SiH3].O=C=N[SiH3]. The van der Waals surface area contributed by atoms with E-state index in [0.717, 1.165) is 10.4 Å². The average Bonchev–Trinajstić information content (AvgIpc) is 1.72. The number of carbonyl (C=O) groups excluding carboxylic acids is 1. The van der Waals surface area contributed by atoms with E-state index >= 15 is 0 Å². The molecular formula is CH8N2OSi2. The van der Waals surface area contributed by atoms with Crippen molar-refractivity contribution in [2.24, 2.45) is 10.1 Å². The molecule has 0 aromatic heterocycles. The maximum absolute atomic E-state index is 8.92. The predicted octanol–water partition coefficient (Wildman–Crippen LogP) is -3.17. The minimum atomic E-state index is 0.591. The molecular weight excluding hydrogens is 112 g/mol. The highest BCUT2D eigenvalue weighted by Crippen LogP contribution is 1.24. The van der Waals surface area contributed by atoms with Crippen LogP contribution in [-0.4, -0.2) is 26.9 Å². The molecule has 0 saturated heterocycles. The maximum Gasteiger partial charge on any atom is 0.223 e. The first kappa shape index (κ1) is 9.24. The summed E-state index contributed by atoms with van der Waals surface area (Å²) in [6.45, 7) is 0. The van der Waals surface area contributed by atoms with E-state index in [1.54, 1.807) is 0 Å². The first-order chi connectivity index (χ1) is 2.91. The second kappa shape index (κ2) is 21.6. The third-order valence-electron chi connectivity index (χ3n) is 0.0913. The number of isocyanates is 1. The highest BCUT2D eigenvalue weighted by Gasteiger charge is 1.29. The first-order valence-corrected chi connectivity index (χ1v) is 3.50. The average molecular weight is 120 g/mol. The Kier molecular flexibility index (Phi) is 33.3. The first-order valence-electron chi connectivity index (χ1n) is 1.45. The molecule has 0 aromatic rings. The largest absolute Gasteiger partial charge is 0.358 e. The zero-order valence-electron chi connectivity index (χ0n) is 3.93. The molecule has 0 bridgehead atoms. The van der Waals surface area contributed by atoms with Gasteiger partial charge in [0, 0.05) is 0 Å². The molecule has 3 nitrogen and oxygen atoms in total. The summed E-state index contributed by atoms with van der Waals surface area (Å²) in [4.78, 5) is 8.92. The van der Waals surface area contributed by atoms with E-state index in [9.17, 15) is 0 Å². The van der Waals surface area contributed by atoms with E-state index in [-0.39, 0.29) is 0 Å². The molecule has 0 aromatic carbocycles. The van der Waals surface area contributed by atoms with Crippen LogP contribution in [0.2, 0.25) is 0 Å². The van der Waals surface area contributed by atoms with Crippen molar-refractivity contribution in [1.29, 1.82) is 0 Å². The number of nitrogens with two attached hydrogens (primary N) is 1. The molecule has 0 saturated carbocycles. The molecule has 0 fully saturated rings. The van der Waals surface area contributed by atoms with E-state index in [2.05, 4.69) is 10.1 Å². The fourth-order valence-corrected chi connectivity index (χ4v) is 0. The Hall–Kier alpha value is -0.226. The van der Waals surface area contributed by atoms with E-state index < -0.39 is 0 Å². The standard InChI is InChI=1S/CH3NOSi.H5NSi/c3-1-2-4;1-2/h4H3;1H2,2H3. The second-order valence-corrected chi connectivity index (χ2v) is 0.762. The molecule has 0 amide bonds. The topological polar surface area (TPSA) is 55.5 Å². The normalized spacial score (nSPS) is 4.83. The lowest BCUT2D eigenvalue weighted by atomic mass is 11.7. The smallest absolute Gasteiger partial charge is 0.223 e. The fourth-order valence-electron chi connectivity index (χ4n) is 0. The van der Waals surface area contributed by atoms with E-state index in [0.29, 0.717) is 10.4 Å². The molecule has 0 rings (SSSR count). The van der Waals surface area contributed by atoms with Gasteiger partial charge in [0.05, 0.1) is 10.4 Å². The van der Waals surface area contributed by atoms with Crippen LogP contribution in [-0.2, 0) is 4.79 Å². The summed E-state index contributed by atoms with van der Waals surface area (Å²) in [7, 11) is 1.40. The molecule has 36 valence electrons. The van der Waals surface area contributed by atoms with Gasteiger partial charge in [0.1, 0.15) is 0 Å². The van der Waals surface area contributed by atoms with Gasteiger partial charge in [-0.3, -0.25) is 4.66 Å². The molecule has 0 atom stereocenters. The minimum Gasteiger partial charge on any atom is -0.358 e. The Morgan fingerprint density at radius 2 is 1.83 bits per heavy atom. The summed E-state index contributed by atoms with van der Waals surface area (Å²) in [6, 6.07) is 0. The number of hydrogen-bond acceptors (Lipinski definition) is 3. The zero-order valence-corrected chi connectivity index (χ0v) is 7.93. The van der Waals surface area contributed by atoms with Gasteiger partial charge in [-0.05, 0) is 0 Å². The molecule has 0 aliphatic rings. The van der Waals surface area contributed by atoms with E-state index in [1.165, 1.54) is 6.08 Å². The van der Waals surface area contributed by atoms with Crippen molar-refractivity contribution >= 4 is 26.9 Å². The van der Waals surface area contributed by atoms with Crippen molar-refractivity contribution in [2.75, 3.05) is 0 Å². The fraction of sp³-hybridized carbons (Fsp3) is 0. The highest BCUT2D eigenvalue weighted by atomic mass is 28.2. The monoisotopic (exact) mass is 120 g/mol. The quantitative estimate of drug-likeness (QED) is 0.208. The van der Waals surface area contributed by atoms with Gasteiger partial charge >= 0.3 is 0 Å². The van der Waals surface area contributed by atoms with E-state index in [1.807, 2.05) is 0 Å². The summed E-state index contributed by atoms with van der Waals surface area (Å²) in [5.41, 5.74) is 0. The summed E-state index contributed by atoms with van der Waals surface area (Å²) in [5.74, 6) is 0. The van der Waals surface area contributed by atoms with Gasteiger partial charge in [-0.25, -0.2) is 4.79 Å². The maximum atomic E-state index is 8.92. The van der Waals surface area contributed by atoms with Crippen LogP contribution in [0, 0.1) is 0 Å². The number of nitrogens with zero attached hydrogens (tertiary/aromatic N) is 1. The molecule has 2 N–H and O–H groups in total. The third kappa shape index (κ3) is 48.5. The van der Waals surface area contributed by atoms with Gasteiger partial charge < -0.3 is 5.40 Å². The lowest BCUT2D eigenvalue weighted by Gasteiger charge is -1.36. The zero-order chi connectivity index (χ0) is 5.41.